The first-order valence-corrected chi connectivity index (χ1v) is 8.72. The standard InChI is InChI=1S/C22H21N3O/c1-22(2,3)25-21-19(20(24-25)16-12-8-5-9-13-16)17(14-18(26)23-21)15-10-6-4-7-11-15/h4-14H,1-3H3,(H,23,26). The van der Waals surface area contributed by atoms with E-state index in [2.05, 4.69) is 37.9 Å². The van der Waals surface area contributed by atoms with Gasteiger partial charge in [0, 0.05) is 17.2 Å². The molecule has 4 nitrogen and oxygen atoms in total. The van der Waals surface area contributed by atoms with Crippen molar-refractivity contribution in [3.05, 3.63) is 77.1 Å². The number of nitrogens with one attached hydrogen (secondary N) is 1. The van der Waals surface area contributed by atoms with E-state index in [0.717, 1.165) is 33.4 Å². The Morgan fingerprint density at radius 2 is 1.46 bits per heavy atom. The summed E-state index contributed by atoms with van der Waals surface area (Å²) in [4.78, 5) is 15.4. The second kappa shape index (κ2) is 5.99. The minimum absolute atomic E-state index is 0.124. The Balaban J connectivity index is 2.16. The number of rotatable bonds is 2. The zero-order valence-electron chi connectivity index (χ0n) is 15.2. The van der Waals surface area contributed by atoms with E-state index in [9.17, 15) is 4.79 Å². The molecule has 2 aromatic carbocycles. The zero-order chi connectivity index (χ0) is 18.3. The Morgan fingerprint density at radius 3 is 2.04 bits per heavy atom. The molecule has 0 aliphatic heterocycles. The van der Waals surface area contributed by atoms with E-state index >= 15 is 0 Å². The maximum atomic E-state index is 12.4. The van der Waals surface area contributed by atoms with Gasteiger partial charge in [-0.05, 0) is 26.3 Å². The lowest BCUT2D eigenvalue weighted by atomic mass is 9.99. The molecule has 4 rings (SSSR count). The van der Waals surface area contributed by atoms with E-state index in [1.54, 1.807) is 6.07 Å². The van der Waals surface area contributed by atoms with Crippen LogP contribution in [0.3, 0.4) is 0 Å². The predicted molar refractivity (Wildman–Crippen MR) is 106 cm³/mol. The number of pyridine rings is 1. The van der Waals surface area contributed by atoms with Crippen LogP contribution in [0.2, 0.25) is 0 Å². The van der Waals surface area contributed by atoms with E-state index in [1.807, 2.05) is 53.2 Å². The van der Waals surface area contributed by atoms with Crippen LogP contribution in [0, 0.1) is 0 Å². The fourth-order valence-corrected chi connectivity index (χ4v) is 3.27. The van der Waals surface area contributed by atoms with Gasteiger partial charge in [-0.25, -0.2) is 4.68 Å². The van der Waals surface area contributed by atoms with Crippen molar-refractivity contribution in [2.24, 2.45) is 0 Å². The summed E-state index contributed by atoms with van der Waals surface area (Å²) >= 11 is 0. The summed E-state index contributed by atoms with van der Waals surface area (Å²) in [6, 6.07) is 21.8. The van der Waals surface area contributed by atoms with E-state index in [-0.39, 0.29) is 11.1 Å². The maximum Gasteiger partial charge on any atom is 0.250 e. The monoisotopic (exact) mass is 343 g/mol. The molecule has 26 heavy (non-hydrogen) atoms. The summed E-state index contributed by atoms with van der Waals surface area (Å²) in [6.45, 7) is 6.26. The molecule has 0 bridgehead atoms. The molecule has 0 aliphatic carbocycles. The van der Waals surface area contributed by atoms with Crippen LogP contribution < -0.4 is 5.56 Å². The second-order valence-corrected chi connectivity index (χ2v) is 7.43. The molecule has 130 valence electrons. The number of hydrogen-bond donors (Lipinski definition) is 1. The van der Waals surface area contributed by atoms with Gasteiger partial charge < -0.3 is 4.98 Å². The minimum atomic E-state index is -0.260. The topological polar surface area (TPSA) is 50.7 Å². The van der Waals surface area contributed by atoms with E-state index in [0.29, 0.717) is 0 Å². The van der Waals surface area contributed by atoms with E-state index < -0.39 is 0 Å². The van der Waals surface area contributed by atoms with Gasteiger partial charge >= 0.3 is 0 Å². The molecule has 0 saturated carbocycles. The fourth-order valence-electron chi connectivity index (χ4n) is 3.27. The average Bonchev–Trinajstić information content (AvgIpc) is 3.02. The number of aromatic nitrogens is 3. The Kier molecular flexibility index (Phi) is 3.76. The van der Waals surface area contributed by atoms with Gasteiger partial charge in [0.25, 0.3) is 0 Å². The van der Waals surface area contributed by atoms with Crippen molar-refractivity contribution in [1.29, 1.82) is 0 Å². The molecule has 0 fully saturated rings. The highest BCUT2D eigenvalue weighted by Gasteiger charge is 2.24. The second-order valence-electron chi connectivity index (χ2n) is 7.43. The first kappa shape index (κ1) is 16.3. The van der Waals surface area contributed by atoms with Crippen LogP contribution in [0.5, 0.6) is 0 Å². The van der Waals surface area contributed by atoms with Gasteiger partial charge in [-0.15, -0.1) is 0 Å². The molecular weight excluding hydrogens is 322 g/mol. The van der Waals surface area contributed by atoms with Gasteiger partial charge in [-0.2, -0.15) is 5.10 Å². The first-order chi connectivity index (χ1) is 12.4. The molecule has 0 saturated heterocycles. The number of hydrogen-bond acceptors (Lipinski definition) is 2. The largest absolute Gasteiger partial charge is 0.307 e. The van der Waals surface area contributed by atoms with Crippen molar-refractivity contribution < 1.29 is 0 Å². The van der Waals surface area contributed by atoms with Gasteiger partial charge in [0.2, 0.25) is 5.56 Å². The van der Waals surface area contributed by atoms with Crippen LogP contribution >= 0.6 is 0 Å². The Morgan fingerprint density at radius 1 is 0.885 bits per heavy atom. The van der Waals surface area contributed by atoms with Crippen molar-refractivity contribution in [1.82, 2.24) is 14.8 Å². The van der Waals surface area contributed by atoms with Crippen molar-refractivity contribution in [3.63, 3.8) is 0 Å². The maximum absolute atomic E-state index is 12.4. The third-order valence-corrected chi connectivity index (χ3v) is 4.44. The lowest BCUT2D eigenvalue weighted by Gasteiger charge is -2.20. The Bertz CT molecular complexity index is 1120. The smallest absolute Gasteiger partial charge is 0.250 e. The number of benzene rings is 2. The SMILES string of the molecule is CC(C)(C)n1nc(-c2ccccc2)c2c(-c3ccccc3)cc(=O)[nH]c21. The molecule has 2 heterocycles. The van der Waals surface area contributed by atoms with Crippen LogP contribution in [-0.2, 0) is 5.54 Å². The lowest BCUT2D eigenvalue weighted by molar-refractivity contribution is 0.366. The molecule has 0 unspecified atom stereocenters. The van der Waals surface area contributed by atoms with Crippen molar-refractivity contribution >= 4 is 11.0 Å². The number of aromatic amines is 1. The Hall–Kier alpha value is -3.14. The van der Waals surface area contributed by atoms with Crippen molar-refractivity contribution in [2.45, 2.75) is 26.3 Å². The van der Waals surface area contributed by atoms with E-state index in [1.165, 1.54) is 0 Å². The normalized spacial score (nSPS) is 11.8. The molecule has 0 radical (unpaired) electrons. The average molecular weight is 343 g/mol. The summed E-state index contributed by atoms with van der Waals surface area (Å²) in [5.41, 5.74) is 4.19. The van der Waals surface area contributed by atoms with Gasteiger partial charge in [-0.1, -0.05) is 60.7 Å². The molecule has 4 heteroatoms. The molecule has 0 amide bonds. The lowest BCUT2D eigenvalue weighted by Crippen LogP contribution is -2.24. The molecule has 2 aromatic heterocycles. The summed E-state index contributed by atoms with van der Waals surface area (Å²) in [5, 5.41) is 5.87. The predicted octanol–water partition coefficient (Wildman–Crippen LogP) is 4.81. The summed E-state index contributed by atoms with van der Waals surface area (Å²) in [5.74, 6) is 0. The summed E-state index contributed by atoms with van der Waals surface area (Å²) in [7, 11) is 0. The highest BCUT2D eigenvalue weighted by atomic mass is 16.1. The molecule has 0 atom stereocenters. The molecule has 4 aromatic rings. The molecular formula is C22H21N3O. The minimum Gasteiger partial charge on any atom is -0.307 e. The van der Waals surface area contributed by atoms with Crippen LogP contribution in [0.15, 0.2) is 71.5 Å². The molecule has 1 N–H and O–H groups in total. The van der Waals surface area contributed by atoms with Crippen LogP contribution in [-0.4, -0.2) is 14.8 Å². The quantitative estimate of drug-likeness (QED) is 0.567. The van der Waals surface area contributed by atoms with Crippen LogP contribution in [0.1, 0.15) is 20.8 Å². The van der Waals surface area contributed by atoms with Gasteiger partial charge in [0.1, 0.15) is 11.3 Å². The van der Waals surface area contributed by atoms with Crippen LogP contribution in [0.4, 0.5) is 0 Å². The zero-order valence-corrected chi connectivity index (χ0v) is 15.2. The Labute approximate surface area is 152 Å². The number of fused-ring (bicyclic) bond motifs is 1. The number of nitrogens with zero attached hydrogens (tertiary/aromatic N) is 2. The van der Waals surface area contributed by atoms with Crippen molar-refractivity contribution in [2.75, 3.05) is 0 Å². The summed E-state index contributed by atoms with van der Waals surface area (Å²) in [6.07, 6.45) is 0. The molecule has 0 spiro atoms. The van der Waals surface area contributed by atoms with Gasteiger partial charge in [-0.3, -0.25) is 4.79 Å². The highest BCUT2D eigenvalue weighted by molar-refractivity contribution is 6.02. The third kappa shape index (κ3) is 2.73. The first-order valence-electron chi connectivity index (χ1n) is 8.72. The van der Waals surface area contributed by atoms with Crippen LogP contribution in [0.25, 0.3) is 33.4 Å². The highest BCUT2D eigenvalue weighted by Crippen LogP contribution is 2.36. The van der Waals surface area contributed by atoms with E-state index in [4.69, 9.17) is 5.10 Å². The summed E-state index contributed by atoms with van der Waals surface area (Å²) < 4.78 is 1.92. The van der Waals surface area contributed by atoms with Gasteiger partial charge in [0.15, 0.2) is 0 Å². The third-order valence-electron chi connectivity index (χ3n) is 4.44. The fraction of sp³-hybridized carbons (Fsp3) is 0.182. The van der Waals surface area contributed by atoms with Crippen molar-refractivity contribution in [3.8, 4) is 22.4 Å². The van der Waals surface area contributed by atoms with Gasteiger partial charge in [0.05, 0.1) is 10.9 Å². The number of H-pyrrole nitrogens is 1. The molecule has 0 aliphatic rings.